The topological polar surface area (TPSA) is 12.5 Å². The molecule has 0 fully saturated rings. The maximum absolute atomic E-state index is 5.07. The molecule has 11 heavy (non-hydrogen) atoms. The van der Waals surface area contributed by atoms with Crippen LogP contribution < -0.4 is 9.41 Å². The summed E-state index contributed by atoms with van der Waals surface area (Å²) in [6.45, 7) is 0. The van der Waals surface area contributed by atoms with Crippen LogP contribution in [-0.2, 0) is 0 Å². The summed E-state index contributed by atoms with van der Waals surface area (Å²) in [5.74, 6) is 0.886. The predicted octanol–water partition coefficient (Wildman–Crippen LogP) is 1.92. The molecule has 0 N–H and O–H groups in total. The van der Waals surface area contributed by atoms with Crippen molar-refractivity contribution in [3.8, 4) is 5.75 Å². The Kier molecular flexibility index (Phi) is 2.72. The molecule has 0 heterocycles. The molecule has 0 bridgehead atoms. The van der Waals surface area contributed by atoms with Crippen LogP contribution in [0.15, 0.2) is 24.3 Å². The van der Waals surface area contributed by atoms with E-state index in [9.17, 15) is 0 Å². The average molecular weight is 169 g/mol. The molecule has 0 aromatic heterocycles. The van der Waals surface area contributed by atoms with Gasteiger partial charge in [-0.25, -0.2) is 0 Å². The Morgan fingerprint density at radius 2 is 2.18 bits per heavy atom. The smallest absolute Gasteiger partial charge is 0.120 e. The van der Waals surface area contributed by atoms with Gasteiger partial charge in [0.25, 0.3) is 0 Å². The van der Waals surface area contributed by atoms with E-state index < -0.39 is 0 Å². The van der Waals surface area contributed by atoms with E-state index in [1.807, 2.05) is 36.0 Å². The number of hydrogen-bond acceptors (Lipinski definition) is 2. The first kappa shape index (κ1) is 8.35. The van der Waals surface area contributed by atoms with Crippen LogP contribution in [0.25, 0.3) is 0 Å². The van der Waals surface area contributed by atoms with Crippen LogP contribution in [0, 0.1) is 0 Å². The molecule has 1 rings (SSSR count). The first-order chi connectivity index (χ1) is 5.24. The van der Waals surface area contributed by atoms with E-state index in [1.165, 1.54) is 0 Å². The van der Waals surface area contributed by atoms with E-state index in [4.69, 9.17) is 4.74 Å². The highest BCUT2D eigenvalue weighted by Gasteiger charge is 1.95. The van der Waals surface area contributed by atoms with E-state index in [1.54, 1.807) is 7.11 Å². The zero-order valence-electron chi connectivity index (χ0n) is 6.74. The number of nitrogens with zero attached hydrogens (tertiary/aromatic N) is 1. The Morgan fingerprint density at radius 1 is 1.45 bits per heavy atom. The average Bonchev–Trinajstić information content (AvgIpc) is 2.05. The van der Waals surface area contributed by atoms with Crippen molar-refractivity contribution in [2.24, 2.45) is 0 Å². The van der Waals surface area contributed by atoms with Crippen LogP contribution in [0.2, 0.25) is 0 Å². The van der Waals surface area contributed by atoms with Crippen molar-refractivity contribution < 1.29 is 4.74 Å². The molecule has 0 saturated heterocycles. The SMILES string of the molecule is COc1cccc(N(C)P)c1. The summed E-state index contributed by atoms with van der Waals surface area (Å²) in [6, 6.07) is 7.90. The maximum atomic E-state index is 5.07. The molecule has 1 aromatic rings. The number of hydrogen-bond donors (Lipinski definition) is 0. The second-order valence-electron chi connectivity index (χ2n) is 2.31. The molecule has 0 spiro atoms. The minimum Gasteiger partial charge on any atom is -0.497 e. The molecule has 1 atom stereocenters. The molecule has 3 heteroatoms. The van der Waals surface area contributed by atoms with Crippen molar-refractivity contribution in [3.63, 3.8) is 0 Å². The van der Waals surface area contributed by atoms with Crippen LogP contribution in [0.5, 0.6) is 5.75 Å². The fourth-order valence-electron chi connectivity index (χ4n) is 0.830. The number of anilines is 1. The fourth-order valence-corrected chi connectivity index (χ4v) is 0.990. The van der Waals surface area contributed by atoms with Crippen molar-refractivity contribution in [2.45, 2.75) is 0 Å². The standard InChI is InChI=1S/C8H12NOP/c1-9(11)7-4-3-5-8(6-7)10-2/h3-6H,11H2,1-2H3. The third-order valence-electron chi connectivity index (χ3n) is 1.46. The summed E-state index contributed by atoms with van der Waals surface area (Å²) in [5, 5.41) is 0. The second kappa shape index (κ2) is 3.59. The van der Waals surface area contributed by atoms with Gasteiger partial charge < -0.3 is 9.41 Å². The Bertz CT molecular complexity index is 237. The molecule has 2 nitrogen and oxygen atoms in total. The monoisotopic (exact) mass is 169 g/mol. The van der Waals surface area contributed by atoms with Gasteiger partial charge in [-0.2, -0.15) is 0 Å². The minimum absolute atomic E-state index is 0.886. The lowest BCUT2D eigenvalue weighted by molar-refractivity contribution is 0.415. The van der Waals surface area contributed by atoms with Crippen LogP contribution in [0.1, 0.15) is 0 Å². The van der Waals surface area contributed by atoms with Gasteiger partial charge in [0.2, 0.25) is 0 Å². The van der Waals surface area contributed by atoms with Crippen LogP contribution in [-0.4, -0.2) is 14.2 Å². The normalized spacial score (nSPS) is 9.36. The lowest BCUT2D eigenvalue weighted by atomic mass is 10.3. The summed E-state index contributed by atoms with van der Waals surface area (Å²) in [6.07, 6.45) is 0. The van der Waals surface area contributed by atoms with E-state index in [0.717, 1.165) is 11.4 Å². The van der Waals surface area contributed by atoms with E-state index in [-0.39, 0.29) is 0 Å². The Hall–Kier alpha value is -0.750. The van der Waals surface area contributed by atoms with E-state index in [2.05, 4.69) is 9.39 Å². The summed E-state index contributed by atoms with van der Waals surface area (Å²) in [4.78, 5) is 0. The highest BCUT2D eigenvalue weighted by molar-refractivity contribution is 7.19. The molecular weight excluding hydrogens is 157 g/mol. The van der Waals surface area contributed by atoms with Gasteiger partial charge in [0.1, 0.15) is 5.75 Å². The quantitative estimate of drug-likeness (QED) is 0.627. The molecule has 60 valence electrons. The van der Waals surface area contributed by atoms with Gasteiger partial charge >= 0.3 is 0 Å². The van der Waals surface area contributed by atoms with Crippen molar-refractivity contribution in [3.05, 3.63) is 24.3 Å². The van der Waals surface area contributed by atoms with E-state index >= 15 is 0 Å². The Morgan fingerprint density at radius 3 is 2.73 bits per heavy atom. The molecule has 0 radical (unpaired) electrons. The number of benzene rings is 1. The molecule has 0 aliphatic carbocycles. The molecular formula is C8H12NOP. The van der Waals surface area contributed by atoms with Crippen molar-refractivity contribution in [2.75, 3.05) is 18.8 Å². The van der Waals surface area contributed by atoms with Crippen LogP contribution in [0.4, 0.5) is 5.69 Å². The van der Waals surface area contributed by atoms with Gasteiger partial charge in [-0.3, -0.25) is 0 Å². The molecule has 0 aliphatic rings. The molecule has 0 saturated carbocycles. The molecule has 1 unspecified atom stereocenters. The number of ether oxygens (including phenoxy) is 1. The summed E-state index contributed by atoms with van der Waals surface area (Å²) >= 11 is 0. The van der Waals surface area contributed by atoms with Gasteiger partial charge in [0.05, 0.1) is 7.11 Å². The predicted molar refractivity (Wildman–Crippen MR) is 51.1 cm³/mol. The zero-order chi connectivity index (χ0) is 8.27. The lowest BCUT2D eigenvalue weighted by Gasteiger charge is -2.12. The highest BCUT2D eigenvalue weighted by atomic mass is 31.0. The van der Waals surface area contributed by atoms with Gasteiger partial charge in [-0.05, 0) is 21.5 Å². The second-order valence-corrected chi connectivity index (χ2v) is 3.09. The molecule has 0 aliphatic heterocycles. The van der Waals surface area contributed by atoms with Crippen LogP contribution >= 0.6 is 9.39 Å². The molecule has 1 aromatic carbocycles. The third kappa shape index (κ3) is 2.09. The first-order valence-corrected chi connectivity index (χ1v) is 3.88. The van der Waals surface area contributed by atoms with Gasteiger partial charge in [0, 0.05) is 18.8 Å². The van der Waals surface area contributed by atoms with Crippen molar-refractivity contribution >= 4 is 15.1 Å². The van der Waals surface area contributed by atoms with Crippen molar-refractivity contribution in [1.29, 1.82) is 0 Å². The first-order valence-electron chi connectivity index (χ1n) is 3.36. The van der Waals surface area contributed by atoms with Gasteiger partial charge in [-0.1, -0.05) is 6.07 Å². The Labute approximate surface area is 69.4 Å². The fraction of sp³-hybridized carbons (Fsp3) is 0.250. The van der Waals surface area contributed by atoms with E-state index in [0.29, 0.717) is 0 Å². The minimum atomic E-state index is 0.886. The number of rotatable bonds is 2. The third-order valence-corrected chi connectivity index (χ3v) is 1.76. The Balaban J connectivity index is 2.91. The van der Waals surface area contributed by atoms with Gasteiger partial charge in [0.15, 0.2) is 0 Å². The van der Waals surface area contributed by atoms with Crippen molar-refractivity contribution in [1.82, 2.24) is 0 Å². The zero-order valence-corrected chi connectivity index (χ0v) is 7.90. The summed E-state index contributed by atoms with van der Waals surface area (Å²) < 4.78 is 7.03. The summed E-state index contributed by atoms with van der Waals surface area (Å²) in [7, 11) is 6.23. The summed E-state index contributed by atoms with van der Waals surface area (Å²) in [5.41, 5.74) is 1.12. The maximum Gasteiger partial charge on any atom is 0.120 e. The lowest BCUT2D eigenvalue weighted by Crippen LogP contribution is -1.98. The van der Waals surface area contributed by atoms with Crippen LogP contribution in [0.3, 0.4) is 0 Å². The number of methoxy groups -OCH3 is 1. The largest absolute Gasteiger partial charge is 0.497 e. The molecule has 0 amide bonds. The van der Waals surface area contributed by atoms with Gasteiger partial charge in [-0.15, -0.1) is 0 Å². The highest BCUT2D eigenvalue weighted by Crippen LogP contribution is 2.21.